The lowest BCUT2D eigenvalue weighted by molar-refractivity contribution is 0.256. The third-order valence-electron chi connectivity index (χ3n) is 5.35. The minimum atomic E-state index is 0.818. The Hall–Kier alpha value is -0.0800. The second-order valence-corrected chi connectivity index (χ2v) is 6.64. The van der Waals surface area contributed by atoms with Gasteiger partial charge in [0.25, 0.3) is 0 Å². The van der Waals surface area contributed by atoms with Crippen LogP contribution in [0.15, 0.2) is 0 Å². The van der Waals surface area contributed by atoms with Crippen LogP contribution in [0.5, 0.6) is 0 Å². The van der Waals surface area contributed by atoms with Crippen LogP contribution in [-0.4, -0.2) is 25.2 Å². The van der Waals surface area contributed by atoms with Crippen LogP contribution in [0.1, 0.15) is 51.9 Å². The van der Waals surface area contributed by atoms with Crippen LogP contribution >= 0.6 is 0 Å². The zero-order valence-electron chi connectivity index (χ0n) is 11.3. The van der Waals surface area contributed by atoms with Gasteiger partial charge < -0.3 is 10.6 Å². The maximum Gasteiger partial charge on any atom is 0.0110 e. The molecule has 0 aromatic rings. The van der Waals surface area contributed by atoms with Crippen molar-refractivity contribution in [1.29, 1.82) is 0 Å². The van der Waals surface area contributed by atoms with E-state index < -0.39 is 0 Å². The second kappa shape index (κ2) is 5.27. The molecule has 3 aliphatic rings. The zero-order chi connectivity index (χ0) is 11.7. The summed E-state index contributed by atoms with van der Waals surface area (Å²) in [6, 6.07) is 1.64. The average molecular weight is 236 g/mol. The minimum Gasteiger partial charge on any atom is -0.314 e. The van der Waals surface area contributed by atoms with Crippen molar-refractivity contribution in [2.75, 3.05) is 13.1 Å². The Morgan fingerprint density at radius 1 is 1.12 bits per heavy atom. The predicted molar refractivity (Wildman–Crippen MR) is 72.0 cm³/mol. The van der Waals surface area contributed by atoms with Gasteiger partial charge in [0, 0.05) is 12.1 Å². The number of hydrogen-bond donors (Lipinski definition) is 2. The maximum atomic E-state index is 3.88. The average Bonchev–Trinajstić information content (AvgIpc) is 2.90. The van der Waals surface area contributed by atoms with Gasteiger partial charge in [-0.25, -0.2) is 0 Å². The minimum absolute atomic E-state index is 0.818. The third-order valence-corrected chi connectivity index (χ3v) is 5.35. The van der Waals surface area contributed by atoms with E-state index in [4.69, 9.17) is 0 Å². The Morgan fingerprint density at radius 3 is 2.71 bits per heavy atom. The molecule has 5 atom stereocenters. The number of hydrogen-bond acceptors (Lipinski definition) is 2. The fraction of sp³-hybridized carbons (Fsp3) is 1.00. The van der Waals surface area contributed by atoms with Crippen LogP contribution in [0.4, 0.5) is 0 Å². The molecule has 17 heavy (non-hydrogen) atoms. The van der Waals surface area contributed by atoms with Crippen LogP contribution in [0.3, 0.4) is 0 Å². The smallest absolute Gasteiger partial charge is 0.0110 e. The molecule has 2 heteroatoms. The standard InChI is InChI=1S/C15H28N2/c1-11-9-12(11)10-17-15-7-4-5-13(15)14-6-2-3-8-16-14/h11-17H,2-10H2,1H3. The molecule has 5 unspecified atom stereocenters. The summed E-state index contributed by atoms with van der Waals surface area (Å²) < 4.78 is 0. The highest BCUT2D eigenvalue weighted by molar-refractivity contribution is 4.94. The molecule has 0 bridgehead atoms. The molecule has 1 heterocycles. The van der Waals surface area contributed by atoms with Crippen molar-refractivity contribution in [3.05, 3.63) is 0 Å². The second-order valence-electron chi connectivity index (χ2n) is 6.64. The normalized spacial score (nSPS) is 46.1. The molecule has 98 valence electrons. The highest BCUT2D eigenvalue weighted by atomic mass is 15.0. The van der Waals surface area contributed by atoms with Gasteiger partial charge in [0.2, 0.25) is 0 Å². The summed E-state index contributed by atoms with van der Waals surface area (Å²) in [5.41, 5.74) is 0. The Balaban J connectivity index is 1.48. The van der Waals surface area contributed by atoms with Gasteiger partial charge in [-0.1, -0.05) is 19.8 Å². The molecule has 3 rings (SSSR count). The van der Waals surface area contributed by atoms with Gasteiger partial charge in [0.1, 0.15) is 0 Å². The molecule has 2 saturated carbocycles. The molecule has 3 fully saturated rings. The monoisotopic (exact) mass is 236 g/mol. The van der Waals surface area contributed by atoms with E-state index in [1.807, 2.05) is 0 Å². The third kappa shape index (κ3) is 2.85. The molecule has 1 aliphatic heterocycles. The summed E-state index contributed by atoms with van der Waals surface area (Å²) in [4.78, 5) is 0. The maximum absolute atomic E-state index is 3.88. The molecule has 2 aliphatic carbocycles. The van der Waals surface area contributed by atoms with E-state index in [0.29, 0.717) is 0 Å². The summed E-state index contributed by atoms with van der Waals surface area (Å²) >= 11 is 0. The number of piperidine rings is 1. The zero-order valence-corrected chi connectivity index (χ0v) is 11.3. The van der Waals surface area contributed by atoms with Crippen molar-refractivity contribution in [1.82, 2.24) is 10.6 Å². The molecule has 2 N–H and O–H groups in total. The number of nitrogens with one attached hydrogen (secondary N) is 2. The van der Waals surface area contributed by atoms with Gasteiger partial charge in [-0.2, -0.15) is 0 Å². The Morgan fingerprint density at radius 2 is 2.00 bits per heavy atom. The van der Waals surface area contributed by atoms with E-state index in [2.05, 4.69) is 17.6 Å². The van der Waals surface area contributed by atoms with Gasteiger partial charge in [-0.05, 0) is 62.9 Å². The highest BCUT2D eigenvalue weighted by Gasteiger charge is 2.37. The van der Waals surface area contributed by atoms with Crippen molar-refractivity contribution >= 4 is 0 Å². The molecule has 0 spiro atoms. The van der Waals surface area contributed by atoms with E-state index in [0.717, 1.165) is 29.8 Å². The summed E-state index contributed by atoms with van der Waals surface area (Å²) in [6.07, 6.45) is 10.0. The fourth-order valence-electron chi connectivity index (χ4n) is 3.95. The highest BCUT2D eigenvalue weighted by Crippen LogP contribution is 2.38. The first-order valence-corrected chi connectivity index (χ1v) is 7.81. The molecule has 1 saturated heterocycles. The first-order valence-electron chi connectivity index (χ1n) is 7.81. The fourth-order valence-corrected chi connectivity index (χ4v) is 3.95. The van der Waals surface area contributed by atoms with Crippen molar-refractivity contribution in [3.8, 4) is 0 Å². The van der Waals surface area contributed by atoms with Gasteiger partial charge in [0.15, 0.2) is 0 Å². The largest absolute Gasteiger partial charge is 0.314 e. The van der Waals surface area contributed by atoms with Crippen LogP contribution in [0.2, 0.25) is 0 Å². The molecule has 0 aromatic heterocycles. The summed E-state index contributed by atoms with van der Waals surface area (Å²) in [5.74, 6) is 2.91. The van der Waals surface area contributed by atoms with Gasteiger partial charge in [-0.15, -0.1) is 0 Å². The summed E-state index contributed by atoms with van der Waals surface area (Å²) in [6.45, 7) is 4.93. The Labute approximate surface area is 106 Å². The molecular weight excluding hydrogens is 208 g/mol. The molecular formula is C15H28N2. The van der Waals surface area contributed by atoms with Crippen LogP contribution < -0.4 is 10.6 Å². The van der Waals surface area contributed by atoms with E-state index in [9.17, 15) is 0 Å². The van der Waals surface area contributed by atoms with Gasteiger partial charge >= 0.3 is 0 Å². The van der Waals surface area contributed by atoms with Crippen molar-refractivity contribution in [2.45, 2.75) is 64.0 Å². The quantitative estimate of drug-likeness (QED) is 0.784. The van der Waals surface area contributed by atoms with E-state index in [1.54, 1.807) is 0 Å². The van der Waals surface area contributed by atoms with E-state index in [1.165, 1.54) is 58.0 Å². The van der Waals surface area contributed by atoms with Crippen molar-refractivity contribution < 1.29 is 0 Å². The van der Waals surface area contributed by atoms with Crippen molar-refractivity contribution in [3.63, 3.8) is 0 Å². The van der Waals surface area contributed by atoms with E-state index in [-0.39, 0.29) is 0 Å². The summed E-state index contributed by atoms with van der Waals surface area (Å²) in [5, 5.41) is 7.64. The molecule has 0 radical (unpaired) electrons. The van der Waals surface area contributed by atoms with Crippen LogP contribution in [-0.2, 0) is 0 Å². The topological polar surface area (TPSA) is 24.1 Å². The Kier molecular flexibility index (Phi) is 3.72. The SMILES string of the molecule is CC1CC1CNC1CCCC1C1CCCCN1. The van der Waals surface area contributed by atoms with Gasteiger partial charge in [-0.3, -0.25) is 0 Å². The van der Waals surface area contributed by atoms with Crippen molar-refractivity contribution in [2.24, 2.45) is 17.8 Å². The first kappa shape index (κ1) is 12.0. The summed E-state index contributed by atoms with van der Waals surface area (Å²) in [7, 11) is 0. The first-order chi connectivity index (χ1) is 8.34. The molecule has 2 nitrogen and oxygen atoms in total. The van der Waals surface area contributed by atoms with Crippen LogP contribution in [0.25, 0.3) is 0 Å². The lowest BCUT2D eigenvalue weighted by Crippen LogP contribution is -2.47. The van der Waals surface area contributed by atoms with E-state index >= 15 is 0 Å². The van der Waals surface area contributed by atoms with Gasteiger partial charge in [0.05, 0.1) is 0 Å². The van der Waals surface area contributed by atoms with Crippen LogP contribution in [0, 0.1) is 17.8 Å². The lowest BCUT2D eigenvalue weighted by Gasteiger charge is -2.33. The lowest BCUT2D eigenvalue weighted by atomic mass is 9.88. The predicted octanol–water partition coefficient (Wildman–Crippen LogP) is 2.54. The Bertz CT molecular complexity index is 247. The number of rotatable bonds is 4. The molecule has 0 aromatic carbocycles. The molecule has 0 amide bonds.